The Morgan fingerprint density at radius 2 is 2.39 bits per heavy atom. The highest BCUT2D eigenvalue weighted by atomic mass is 79.9. The molecule has 0 radical (unpaired) electrons. The summed E-state index contributed by atoms with van der Waals surface area (Å²) >= 11 is 5.08. The second kappa shape index (κ2) is 4.90. The van der Waals surface area contributed by atoms with Gasteiger partial charge in [0.15, 0.2) is 0 Å². The van der Waals surface area contributed by atoms with Crippen molar-refractivity contribution in [3.8, 4) is 0 Å². The van der Waals surface area contributed by atoms with Gasteiger partial charge in [-0.25, -0.2) is 0 Å². The fourth-order valence-corrected chi connectivity index (χ4v) is 3.05. The second-order valence-corrected chi connectivity index (χ2v) is 6.19. The Hall–Kier alpha value is -1.07. The summed E-state index contributed by atoms with van der Waals surface area (Å²) in [6.07, 6.45) is 4.34. The molecule has 0 aromatic carbocycles. The number of carbonyl (C=O) groups excluding carboxylic acids is 1. The van der Waals surface area contributed by atoms with E-state index in [4.69, 9.17) is 0 Å². The van der Waals surface area contributed by atoms with Gasteiger partial charge in [-0.1, -0.05) is 0 Å². The summed E-state index contributed by atoms with van der Waals surface area (Å²) in [5.74, 6) is -0.00111. The predicted octanol–water partition coefficient (Wildman–Crippen LogP) is 3.58. The molecular formula is C13H13BrN2OS. The maximum absolute atomic E-state index is 12.2. The van der Waals surface area contributed by atoms with Gasteiger partial charge < -0.3 is 9.88 Å². The Balaban J connectivity index is 1.71. The van der Waals surface area contributed by atoms with Crippen molar-refractivity contribution in [1.82, 2.24) is 9.88 Å². The standard InChI is InChI=1S/C13H13BrN2OS/c14-10-5-12(16(7-10)11-1-2-11)13(17)15-6-9-3-4-18-8-9/h3-5,7-8,11H,1-2,6H2,(H,15,17). The number of nitrogens with zero attached hydrogens (tertiary/aromatic N) is 1. The summed E-state index contributed by atoms with van der Waals surface area (Å²) in [5, 5.41) is 7.03. The Morgan fingerprint density at radius 1 is 1.56 bits per heavy atom. The highest BCUT2D eigenvalue weighted by molar-refractivity contribution is 9.10. The molecule has 1 amide bonds. The van der Waals surface area contributed by atoms with Crippen LogP contribution in [0.25, 0.3) is 0 Å². The molecule has 2 aromatic rings. The summed E-state index contributed by atoms with van der Waals surface area (Å²) in [6.45, 7) is 0.593. The van der Waals surface area contributed by atoms with E-state index < -0.39 is 0 Å². The van der Waals surface area contributed by atoms with Crippen molar-refractivity contribution >= 4 is 33.2 Å². The van der Waals surface area contributed by atoms with E-state index in [1.165, 1.54) is 12.8 Å². The largest absolute Gasteiger partial charge is 0.347 e. The van der Waals surface area contributed by atoms with Crippen molar-refractivity contribution < 1.29 is 4.79 Å². The first-order chi connectivity index (χ1) is 8.74. The van der Waals surface area contributed by atoms with Crippen LogP contribution in [0.2, 0.25) is 0 Å². The maximum atomic E-state index is 12.2. The van der Waals surface area contributed by atoms with Crippen molar-refractivity contribution in [1.29, 1.82) is 0 Å². The molecule has 0 unspecified atom stereocenters. The lowest BCUT2D eigenvalue weighted by Gasteiger charge is -2.07. The molecule has 3 nitrogen and oxygen atoms in total. The van der Waals surface area contributed by atoms with Crippen LogP contribution in [0.1, 0.15) is 34.9 Å². The van der Waals surface area contributed by atoms with Crippen molar-refractivity contribution in [2.24, 2.45) is 0 Å². The molecule has 1 aliphatic carbocycles. The normalized spacial score (nSPS) is 14.7. The Bertz CT molecular complexity index is 558. The summed E-state index contributed by atoms with van der Waals surface area (Å²) in [4.78, 5) is 12.2. The van der Waals surface area contributed by atoms with Gasteiger partial charge in [0, 0.05) is 23.3 Å². The van der Waals surface area contributed by atoms with E-state index in [0.29, 0.717) is 12.6 Å². The average molecular weight is 325 g/mol. The zero-order valence-electron chi connectivity index (χ0n) is 9.73. The van der Waals surface area contributed by atoms with Gasteiger partial charge in [0.1, 0.15) is 5.69 Å². The van der Waals surface area contributed by atoms with Gasteiger partial charge in [-0.3, -0.25) is 4.79 Å². The lowest BCUT2D eigenvalue weighted by Crippen LogP contribution is -2.24. The molecule has 1 N–H and O–H groups in total. The van der Waals surface area contributed by atoms with Gasteiger partial charge in [0.05, 0.1) is 0 Å². The Labute approximate surface area is 118 Å². The van der Waals surface area contributed by atoms with E-state index in [2.05, 4.69) is 31.2 Å². The van der Waals surface area contributed by atoms with Crippen LogP contribution in [-0.2, 0) is 6.54 Å². The highest BCUT2D eigenvalue weighted by Gasteiger charge is 2.27. The summed E-state index contributed by atoms with van der Waals surface area (Å²) in [5.41, 5.74) is 1.90. The molecule has 94 valence electrons. The first-order valence-electron chi connectivity index (χ1n) is 5.90. The first kappa shape index (κ1) is 12.0. The zero-order valence-corrected chi connectivity index (χ0v) is 12.1. The number of amides is 1. The molecule has 0 aliphatic heterocycles. The number of hydrogen-bond donors (Lipinski definition) is 1. The fourth-order valence-electron chi connectivity index (χ4n) is 1.95. The SMILES string of the molecule is O=C(NCc1ccsc1)c1cc(Br)cn1C1CC1. The molecule has 0 spiro atoms. The van der Waals surface area contributed by atoms with Crippen molar-refractivity contribution in [2.45, 2.75) is 25.4 Å². The molecule has 0 atom stereocenters. The molecule has 5 heteroatoms. The van der Waals surface area contributed by atoms with Gasteiger partial charge in [0.2, 0.25) is 0 Å². The number of halogens is 1. The number of carbonyl (C=O) groups is 1. The highest BCUT2D eigenvalue weighted by Crippen LogP contribution is 2.37. The van der Waals surface area contributed by atoms with E-state index in [9.17, 15) is 4.79 Å². The molecule has 1 aliphatic rings. The fraction of sp³-hybridized carbons (Fsp3) is 0.308. The Morgan fingerprint density at radius 3 is 3.06 bits per heavy atom. The molecule has 1 saturated carbocycles. The number of aromatic nitrogens is 1. The minimum absolute atomic E-state index is 0.00111. The molecule has 0 bridgehead atoms. The molecule has 0 saturated heterocycles. The molecular weight excluding hydrogens is 312 g/mol. The third-order valence-electron chi connectivity index (χ3n) is 3.02. The number of nitrogens with one attached hydrogen (secondary N) is 1. The molecule has 18 heavy (non-hydrogen) atoms. The van der Waals surface area contributed by atoms with Crippen LogP contribution in [0, 0.1) is 0 Å². The molecule has 3 rings (SSSR count). The van der Waals surface area contributed by atoms with Gasteiger partial charge >= 0.3 is 0 Å². The van der Waals surface area contributed by atoms with Crippen molar-refractivity contribution in [3.05, 3.63) is 44.8 Å². The quantitative estimate of drug-likeness (QED) is 0.916. The second-order valence-electron chi connectivity index (χ2n) is 4.50. The predicted molar refractivity (Wildman–Crippen MR) is 75.9 cm³/mol. The lowest BCUT2D eigenvalue weighted by atomic mass is 10.3. The summed E-state index contributed by atoms with van der Waals surface area (Å²) in [7, 11) is 0. The minimum atomic E-state index is -0.00111. The van der Waals surface area contributed by atoms with Crippen LogP contribution in [0.3, 0.4) is 0 Å². The zero-order chi connectivity index (χ0) is 12.5. The average Bonchev–Trinajstić information content (AvgIpc) is 2.92. The van der Waals surface area contributed by atoms with Crippen LogP contribution in [0.15, 0.2) is 33.6 Å². The maximum Gasteiger partial charge on any atom is 0.268 e. The van der Waals surface area contributed by atoms with Crippen molar-refractivity contribution in [2.75, 3.05) is 0 Å². The Kier molecular flexibility index (Phi) is 3.26. The molecule has 1 fully saturated rings. The summed E-state index contributed by atoms with van der Waals surface area (Å²) < 4.78 is 3.04. The van der Waals surface area contributed by atoms with Crippen LogP contribution in [0.5, 0.6) is 0 Å². The third-order valence-corrected chi connectivity index (χ3v) is 4.19. The summed E-state index contributed by atoms with van der Waals surface area (Å²) in [6, 6.07) is 4.43. The van der Waals surface area contributed by atoms with E-state index in [0.717, 1.165) is 15.7 Å². The number of rotatable bonds is 4. The van der Waals surface area contributed by atoms with E-state index >= 15 is 0 Å². The van der Waals surface area contributed by atoms with Crippen LogP contribution in [0.4, 0.5) is 0 Å². The minimum Gasteiger partial charge on any atom is -0.347 e. The van der Waals surface area contributed by atoms with Gasteiger partial charge in [-0.2, -0.15) is 11.3 Å². The smallest absolute Gasteiger partial charge is 0.268 e. The van der Waals surface area contributed by atoms with Gasteiger partial charge in [0.25, 0.3) is 5.91 Å². The first-order valence-corrected chi connectivity index (χ1v) is 7.64. The monoisotopic (exact) mass is 324 g/mol. The number of hydrogen-bond acceptors (Lipinski definition) is 2. The van der Waals surface area contributed by atoms with Gasteiger partial charge in [-0.05, 0) is 57.2 Å². The third kappa shape index (κ3) is 2.52. The van der Waals surface area contributed by atoms with E-state index in [1.807, 2.05) is 23.7 Å². The topological polar surface area (TPSA) is 34.0 Å². The van der Waals surface area contributed by atoms with E-state index in [-0.39, 0.29) is 5.91 Å². The van der Waals surface area contributed by atoms with Crippen molar-refractivity contribution in [3.63, 3.8) is 0 Å². The van der Waals surface area contributed by atoms with Crippen LogP contribution < -0.4 is 5.32 Å². The van der Waals surface area contributed by atoms with E-state index in [1.54, 1.807) is 11.3 Å². The van der Waals surface area contributed by atoms with Gasteiger partial charge in [-0.15, -0.1) is 0 Å². The molecule has 2 aromatic heterocycles. The number of thiophene rings is 1. The molecule has 2 heterocycles. The van der Waals surface area contributed by atoms with Crippen LogP contribution in [-0.4, -0.2) is 10.5 Å². The van der Waals surface area contributed by atoms with Crippen LogP contribution >= 0.6 is 27.3 Å². The lowest BCUT2D eigenvalue weighted by molar-refractivity contribution is 0.0941.